The number of esters is 1. The van der Waals surface area contributed by atoms with Gasteiger partial charge in [0.25, 0.3) is 0 Å². The zero-order valence-corrected chi connectivity index (χ0v) is 13.7. The van der Waals surface area contributed by atoms with Crippen molar-refractivity contribution in [3.63, 3.8) is 0 Å². The lowest BCUT2D eigenvalue weighted by atomic mass is 10.1. The maximum Gasteiger partial charge on any atom is 0.337 e. The zero-order chi connectivity index (χ0) is 17.1. The summed E-state index contributed by atoms with van der Waals surface area (Å²) in [7, 11) is 1.34. The highest BCUT2D eigenvalue weighted by Gasteiger charge is 2.03. The molecular formula is C18H22N2O3. The van der Waals surface area contributed by atoms with Crippen molar-refractivity contribution in [1.29, 1.82) is 0 Å². The Hall–Kier alpha value is -2.69. The van der Waals surface area contributed by atoms with E-state index >= 15 is 0 Å². The molecule has 23 heavy (non-hydrogen) atoms. The molecule has 0 radical (unpaired) electrons. The number of hydrogen-bond donors (Lipinski definition) is 1. The second-order valence-corrected chi connectivity index (χ2v) is 4.66. The van der Waals surface area contributed by atoms with Gasteiger partial charge >= 0.3 is 5.97 Å². The summed E-state index contributed by atoms with van der Waals surface area (Å²) in [5.74, 6) is -0.550. The molecule has 0 aliphatic carbocycles. The monoisotopic (exact) mass is 314 g/mol. The molecule has 0 bridgehead atoms. The van der Waals surface area contributed by atoms with Crippen molar-refractivity contribution >= 4 is 24.2 Å². The van der Waals surface area contributed by atoms with Crippen LogP contribution in [0.3, 0.4) is 0 Å². The lowest BCUT2D eigenvalue weighted by Gasteiger charge is -2.03. The first-order valence-electron chi connectivity index (χ1n) is 7.38. The van der Waals surface area contributed by atoms with Crippen LogP contribution in [0.5, 0.6) is 0 Å². The number of rotatable bonds is 7. The predicted octanol–water partition coefficient (Wildman–Crippen LogP) is 2.99. The number of aliphatic imine (C=N–C) groups is 1. The van der Waals surface area contributed by atoms with Gasteiger partial charge in [-0.2, -0.15) is 0 Å². The third-order valence-corrected chi connectivity index (χ3v) is 3.07. The summed E-state index contributed by atoms with van der Waals surface area (Å²) >= 11 is 0. The average Bonchev–Trinajstić information content (AvgIpc) is 2.58. The van der Waals surface area contributed by atoms with Gasteiger partial charge in [0.05, 0.1) is 12.7 Å². The molecular weight excluding hydrogens is 292 g/mol. The van der Waals surface area contributed by atoms with Gasteiger partial charge in [-0.3, -0.25) is 9.79 Å². The number of carbonyl (C=O) groups excluding carboxylic acids is 2. The van der Waals surface area contributed by atoms with Crippen LogP contribution in [0.1, 0.15) is 36.2 Å². The predicted molar refractivity (Wildman–Crippen MR) is 92.4 cm³/mol. The van der Waals surface area contributed by atoms with Gasteiger partial charge in [-0.1, -0.05) is 18.2 Å². The maximum atomic E-state index is 11.7. The Morgan fingerprint density at radius 3 is 2.48 bits per heavy atom. The topological polar surface area (TPSA) is 67.8 Å². The Balaban J connectivity index is 2.47. The highest BCUT2D eigenvalue weighted by atomic mass is 16.5. The number of hydrogen-bond acceptors (Lipinski definition) is 4. The Morgan fingerprint density at radius 1 is 1.22 bits per heavy atom. The Morgan fingerprint density at radius 2 is 1.91 bits per heavy atom. The van der Waals surface area contributed by atoms with E-state index in [9.17, 15) is 9.59 Å². The largest absolute Gasteiger partial charge is 0.465 e. The van der Waals surface area contributed by atoms with E-state index in [0.717, 1.165) is 11.3 Å². The van der Waals surface area contributed by atoms with Crippen LogP contribution in [-0.2, 0) is 9.53 Å². The van der Waals surface area contributed by atoms with Crippen LogP contribution in [0.2, 0.25) is 0 Å². The molecule has 0 saturated heterocycles. The molecule has 1 amide bonds. The molecule has 0 heterocycles. The SMILES string of the molecule is CC=N/C(=C\C)CCNC(=O)/C=C/c1ccc(C(=O)OC)cc1. The number of nitrogens with one attached hydrogen (secondary N) is 1. The highest BCUT2D eigenvalue weighted by molar-refractivity contribution is 5.92. The fourth-order valence-corrected chi connectivity index (χ4v) is 1.84. The average molecular weight is 314 g/mol. The minimum atomic E-state index is -0.382. The van der Waals surface area contributed by atoms with Gasteiger partial charge in [0, 0.05) is 31.0 Å². The van der Waals surface area contributed by atoms with Crippen molar-refractivity contribution in [2.24, 2.45) is 4.99 Å². The summed E-state index contributed by atoms with van der Waals surface area (Å²) in [6.45, 7) is 4.31. The normalized spacial score (nSPS) is 11.9. The number of carbonyl (C=O) groups is 2. The first-order valence-corrected chi connectivity index (χ1v) is 7.38. The molecule has 0 aliphatic heterocycles. The Labute approximate surface area is 136 Å². The molecule has 0 saturated carbocycles. The quantitative estimate of drug-likeness (QED) is 0.478. The molecule has 5 nitrogen and oxygen atoms in total. The van der Waals surface area contributed by atoms with Crippen LogP contribution < -0.4 is 5.32 Å². The molecule has 1 aromatic rings. The minimum absolute atomic E-state index is 0.169. The van der Waals surface area contributed by atoms with Crippen LogP contribution in [0.25, 0.3) is 6.08 Å². The smallest absolute Gasteiger partial charge is 0.337 e. The summed E-state index contributed by atoms with van der Waals surface area (Å²) in [5, 5.41) is 2.80. The molecule has 1 N–H and O–H groups in total. The third-order valence-electron chi connectivity index (χ3n) is 3.07. The molecule has 122 valence electrons. The third kappa shape index (κ3) is 6.74. The second kappa shape index (κ2) is 10.1. The van der Waals surface area contributed by atoms with E-state index in [1.165, 1.54) is 13.2 Å². The molecule has 0 aromatic heterocycles. The summed E-state index contributed by atoms with van der Waals surface area (Å²) in [4.78, 5) is 27.2. The number of methoxy groups -OCH3 is 1. The van der Waals surface area contributed by atoms with E-state index < -0.39 is 0 Å². The van der Waals surface area contributed by atoms with Gasteiger partial charge in [0.1, 0.15) is 0 Å². The number of nitrogens with zero attached hydrogens (tertiary/aromatic N) is 1. The van der Waals surface area contributed by atoms with E-state index in [1.54, 1.807) is 36.6 Å². The maximum absolute atomic E-state index is 11.7. The molecule has 0 spiro atoms. The minimum Gasteiger partial charge on any atom is -0.465 e. The first-order chi connectivity index (χ1) is 11.1. The van der Waals surface area contributed by atoms with Crippen LogP contribution in [-0.4, -0.2) is 31.7 Å². The summed E-state index contributed by atoms with van der Waals surface area (Å²) < 4.78 is 4.63. The number of benzene rings is 1. The van der Waals surface area contributed by atoms with E-state index in [2.05, 4.69) is 15.0 Å². The Bertz CT molecular complexity index is 614. The first kappa shape index (κ1) is 18.4. The van der Waals surface area contributed by atoms with Gasteiger partial charge in [0.2, 0.25) is 5.91 Å². The number of amides is 1. The van der Waals surface area contributed by atoms with E-state index in [0.29, 0.717) is 18.5 Å². The van der Waals surface area contributed by atoms with Gasteiger partial charge in [-0.05, 0) is 37.6 Å². The fraction of sp³-hybridized carbons (Fsp3) is 0.278. The summed E-state index contributed by atoms with van der Waals surface area (Å²) in [6.07, 6.45) is 7.50. The molecule has 0 unspecified atom stereocenters. The van der Waals surface area contributed by atoms with Gasteiger partial charge in [-0.15, -0.1) is 0 Å². The van der Waals surface area contributed by atoms with Gasteiger partial charge < -0.3 is 10.1 Å². The van der Waals surface area contributed by atoms with E-state index in [1.807, 2.05) is 19.9 Å². The van der Waals surface area contributed by atoms with Crippen molar-refractivity contribution in [1.82, 2.24) is 5.32 Å². The lowest BCUT2D eigenvalue weighted by Crippen LogP contribution is -2.22. The molecule has 1 rings (SSSR count). The van der Waals surface area contributed by atoms with Gasteiger partial charge in [-0.25, -0.2) is 4.79 Å². The van der Waals surface area contributed by atoms with Crippen molar-refractivity contribution < 1.29 is 14.3 Å². The Kier molecular flexibility index (Phi) is 8.07. The standard InChI is InChI=1S/C18H22N2O3/c1-4-16(19-5-2)12-13-20-17(21)11-8-14-6-9-15(10-7-14)18(22)23-3/h4-11H,12-13H2,1-3H3,(H,20,21)/b11-8+,16-4-,19-5?. The lowest BCUT2D eigenvalue weighted by molar-refractivity contribution is -0.116. The fourth-order valence-electron chi connectivity index (χ4n) is 1.84. The van der Waals surface area contributed by atoms with Crippen LogP contribution in [0, 0.1) is 0 Å². The molecule has 0 fully saturated rings. The van der Waals surface area contributed by atoms with Crippen molar-refractivity contribution in [3.8, 4) is 0 Å². The van der Waals surface area contributed by atoms with Gasteiger partial charge in [0.15, 0.2) is 0 Å². The summed E-state index contributed by atoms with van der Waals surface area (Å²) in [5.41, 5.74) is 2.25. The van der Waals surface area contributed by atoms with Crippen LogP contribution >= 0.6 is 0 Å². The van der Waals surface area contributed by atoms with Crippen molar-refractivity contribution in [2.75, 3.05) is 13.7 Å². The van der Waals surface area contributed by atoms with Crippen LogP contribution in [0.15, 0.2) is 47.1 Å². The van der Waals surface area contributed by atoms with Crippen molar-refractivity contribution in [2.45, 2.75) is 20.3 Å². The van der Waals surface area contributed by atoms with Crippen molar-refractivity contribution in [3.05, 3.63) is 53.2 Å². The zero-order valence-electron chi connectivity index (χ0n) is 13.7. The second-order valence-electron chi connectivity index (χ2n) is 4.66. The molecule has 1 aromatic carbocycles. The molecule has 5 heteroatoms. The van der Waals surface area contributed by atoms with Crippen LogP contribution in [0.4, 0.5) is 0 Å². The highest BCUT2D eigenvalue weighted by Crippen LogP contribution is 2.07. The molecule has 0 atom stereocenters. The summed E-state index contributed by atoms with van der Waals surface area (Å²) in [6, 6.07) is 6.82. The number of ether oxygens (including phenoxy) is 1. The van der Waals surface area contributed by atoms with E-state index in [-0.39, 0.29) is 11.9 Å². The number of allylic oxidation sites excluding steroid dienone is 1. The molecule has 0 aliphatic rings. The van der Waals surface area contributed by atoms with E-state index in [4.69, 9.17) is 0 Å².